The van der Waals surface area contributed by atoms with Crippen LogP contribution in [0.1, 0.15) is 22.0 Å². The molecule has 0 aliphatic heterocycles. The number of benzene rings is 1. The molecule has 8 heteroatoms. The Kier molecular flexibility index (Phi) is 3.90. The Morgan fingerprint density at radius 3 is 2.33 bits per heavy atom. The van der Waals surface area contributed by atoms with Crippen LogP contribution >= 0.6 is 0 Å². The lowest BCUT2D eigenvalue weighted by atomic mass is 10.1. The van der Waals surface area contributed by atoms with Crippen molar-refractivity contribution in [3.05, 3.63) is 17.2 Å². The minimum atomic E-state index is -1.45. The highest BCUT2D eigenvalue weighted by Crippen LogP contribution is 2.47. The number of carbonyl (C=O) groups excluding carboxylic acids is 2. The SMILES string of the molecule is COc1cc2c(c(OC)c1OC)C(=O)[C@@H](O)[C@H]2NC(N)=O. The second-order valence-corrected chi connectivity index (χ2v) is 4.40. The van der Waals surface area contributed by atoms with Crippen LogP contribution in [0.2, 0.25) is 0 Å². The number of ketones is 1. The maximum Gasteiger partial charge on any atom is 0.312 e. The normalized spacial score (nSPS) is 19.9. The molecule has 0 spiro atoms. The molecule has 21 heavy (non-hydrogen) atoms. The molecule has 1 aromatic carbocycles. The number of hydrogen-bond acceptors (Lipinski definition) is 6. The molecule has 0 bridgehead atoms. The largest absolute Gasteiger partial charge is 0.493 e. The molecular weight excluding hydrogens is 280 g/mol. The number of amides is 2. The third-order valence-corrected chi connectivity index (χ3v) is 3.32. The average molecular weight is 296 g/mol. The fourth-order valence-corrected chi connectivity index (χ4v) is 2.45. The molecule has 1 aromatic rings. The van der Waals surface area contributed by atoms with Crippen molar-refractivity contribution in [1.82, 2.24) is 5.32 Å². The van der Waals surface area contributed by atoms with Crippen LogP contribution in [0.15, 0.2) is 6.07 Å². The summed E-state index contributed by atoms with van der Waals surface area (Å²) in [6, 6.07) is -0.307. The zero-order valence-electron chi connectivity index (χ0n) is 11.8. The zero-order valence-corrected chi connectivity index (χ0v) is 11.8. The first-order chi connectivity index (χ1) is 9.96. The summed E-state index contributed by atoms with van der Waals surface area (Å²) in [5, 5.41) is 12.4. The fraction of sp³-hybridized carbons (Fsp3) is 0.385. The number of nitrogens with one attached hydrogen (secondary N) is 1. The van der Waals surface area contributed by atoms with Crippen molar-refractivity contribution in [2.45, 2.75) is 12.1 Å². The molecule has 0 aromatic heterocycles. The van der Waals surface area contributed by atoms with Crippen molar-refractivity contribution in [3.63, 3.8) is 0 Å². The van der Waals surface area contributed by atoms with Crippen LogP contribution in [-0.4, -0.2) is 44.4 Å². The maximum atomic E-state index is 12.2. The van der Waals surface area contributed by atoms with Gasteiger partial charge >= 0.3 is 6.03 Å². The summed E-state index contributed by atoms with van der Waals surface area (Å²) in [4.78, 5) is 23.3. The molecule has 2 rings (SSSR count). The predicted molar refractivity (Wildman–Crippen MR) is 71.9 cm³/mol. The molecule has 8 nitrogen and oxygen atoms in total. The highest BCUT2D eigenvalue weighted by atomic mass is 16.5. The maximum absolute atomic E-state index is 12.2. The van der Waals surface area contributed by atoms with Crippen LogP contribution < -0.4 is 25.3 Å². The van der Waals surface area contributed by atoms with Crippen LogP contribution in [0, 0.1) is 0 Å². The lowest BCUT2D eigenvalue weighted by Gasteiger charge is -2.18. The van der Waals surface area contributed by atoms with Crippen LogP contribution in [0.5, 0.6) is 17.2 Å². The van der Waals surface area contributed by atoms with E-state index in [-0.39, 0.29) is 17.1 Å². The Morgan fingerprint density at radius 2 is 1.86 bits per heavy atom. The molecule has 0 heterocycles. The first-order valence-corrected chi connectivity index (χ1v) is 6.07. The van der Waals surface area contributed by atoms with Gasteiger partial charge in [-0.2, -0.15) is 0 Å². The Labute approximate surface area is 120 Å². The number of rotatable bonds is 4. The molecule has 0 saturated carbocycles. The van der Waals surface area contributed by atoms with Crippen molar-refractivity contribution >= 4 is 11.8 Å². The number of methoxy groups -OCH3 is 3. The van der Waals surface area contributed by atoms with E-state index in [1.807, 2.05) is 0 Å². The van der Waals surface area contributed by atoms with E-state index in [1.165, 1.54) is 27.4 Å². The Balaban J connectivity index is 2.69. The van der Waals surface area contributed by atoms with E-state index in [4.69, 9.17) is 19.9 Å². The summed E-state index contributed by atoms with van der Waals surface area (Å²) in [6.45, 7) is 0. The summed E-state index contributed by atoms with van der Waals surface area (Å²) in [5.41, 5.74) is 5.58. The number of fused-ring (bicyclic) bond motifs is 1. The molecule has 1 aliphatic carbocycles. The van der Waals surface area contributed by atoms with E-state index in [2.05, 4.69) is 5.32 Å². The summed E-state index contributed by atoms with van der Waals surface area (Å²) in [7, 11) is 4.20. The number of nitrogens with two attached hydrogens (primary N) is 1. The number of aliphatic hydroxyl groups is 1. The molecule has 4 N–H and O–H groups in total. The smallest absolute Gasteiger partial charge is 0.312 e. The van der Waals surface area contributed by atoms with Crippen molar-refractivity contribution in [2.24, 2.45) is 5.73 Å². The van der Waals surface area contributed by atoms with Crippen molar-refractivity contribution < 1.29 is 28.9 Å². The number of ether oxygens (including phenoxy) is 3. The predicted octanol–water partition coefficient (Wildman–Crippen LogP) is -0.0210. The van der Waals surface area contributed by atoms with Gasteiger partial charge in [-0.05, 0) is 11.6 Å². The average Bonchev–Trinajstić information content (AvgIpc) is 2.69. The van der Waals surface area contributed by atoms with Gasteiger partial charge in [-0.3, -0.25) is 4.79 Å². The molecule has 0 fully saturated rings. The Hall–Kier alpha value is -2.48. The molecule has 0 radical (unpaired) electrons. The van der Waals surface area contributed by atoms with E-state index in [9.17, 15) is 14.7 Å². The summed E-state index contributed by atoms with van der Waals surface area (Å²) in [6.07, 6.45) is -1.45. The lowest BCUT2D eigenvalue weighted by Crippen LogP contribution is -2.38. The molecular formula is C13H16N2O6. The van der Waals surface area contributed by atoms with Gasteiger partial charge in [0, 0.05) is 0 Å². The van der Waals surface area contributed by atoms with Crippen molar-refractivity contribution in [2.75, 3.05) is 21.3 Å². The topological polar surface area (TPSA) is 120 Å². The van der Waals surface area contributed by atoms with E-state index in [0.717, 1.165) is 0 Å². The second-order valence-electron chi connectivity index (χ2n) is 4.40. The van der Waals surface area contributed by atoms with Gasteiger partial charge in [0.1, 0.15) is 6.10 Å². The van der Waals surface area contributed by atoms with E-state index in [1.54, 1.807) is 0 Å². The quantitative estimate of drug-likeness (QED) is 0.718. The van der Waals surface area contributed by atoms with E-state index >= 15 is 0 Å². The highest BCUT2D eigenvalue weighted by Gasteiger charge is 2.43. The second kappa shape index (κ2) is 5.49. The number of primary amides is 1. The van der Waals surface area contributed by atoms with E-state index in [0.29, 0.717) is 11.3 Å². The minimum absolute atomic E-state index is 0.140. The van der Waals surface area contributed by atoms with Crippen LogP contribution in [-0.2, 0) is 0 Å². The minimum Gasteiger partial charge on any atom is -0.493 e. The van der Waals surface area contributed by atoms with Gasteiger partial charge in [0.15, 0.2) is 17.3 Å². The van der Waals surface area contributed by atoms with Crippen LogP contribution in [0.25, 0.3) is 0 Å². The van der Waals surface area contributed by atoms with Gasteiger partial charge in [0.25, 0.3) is 0 Å². The highest BCUT2D eigenvalue weighted by molar-refractivity contribution is 6.08. The molecule has 0 unspecified atom stereocenters. The Morgan fingerprint density at radius 1 is 1.24 bits per heavy atom. The monoisotopic (exact) mass is 296 g/mol. The van der Waals surface area contributed by atoms with Crippen LogP contribution in [0.3, 0.4) is 0 Å². The molecule has 2 atom stereocenters. The van der Waals surface area contributed by atoms with Crippen LogP contribution in [0.4, 0.5) is 4.79 Å². The number of urea groups is 1. The van der Waals surface area contributed by atoms with Gasteiger partial charge in [0.2, 0.25) is 5.75 Å². The molecule has 114 valence electrons. The number of aliphatic hydroxyl groups excluding tert-OH is 1. The molecule has 2 amide bonds. The summed E-state index contributed by atoms with van der Waals surface area (Å²) in [5.74, 6) is 0.108. The summed E-state index contributed by atoms with van der Waals surface area (Å²) >= 11 is 0. The third-order valence-electron chi connectivity index (χ3n) is 3.32. The Bertz CT molecular complexity index is 601. The molecule has 0 saturated heterocycles. The zero-order chi connectivity index (χ0) is 15.7. The fourth-order valence-electron chi connectivity index (χ4n) is 2.45. The van der Waals surface area contributed by atoms with Gasteiger partial charge < -0.3 is 30.4 Å². The number of Topliss-reactive ketones (excluding diaryl/α,β-unsaturated/α-hetero) is 1. The van der Waals surface area contributed by atoms with E-state index < -0.39 is 24.0 Å². The standard InChI is InChI=1S/C13H16N2O6/c1-19-6-4-5-7(12(21-3)11(6)20-2)9(16)10(17)8(5)15-13(14)18/h4,8,10,17H,1-3H3,(H3,14,15,18)/t8-,10-/m0/s1. The van der Waals surface area contributed by atoms with Gasteiger partial charge in [-0.15, -0.1) is 0 Å². The lowest BCUT2D eigenvalue weighted by molar-refractivity contribution is 0.0714. The van der Waals surface area contributed by atoms with Gasteiger partial charge in [-0.1, -0.05) is 0 Å². The summed E-state index contributed by atoms with van der Waals surface area (Å²) < 4.78 is 15.6. The first-order valence-electron chi connectivity index (χ1n) is 6.07. The number of hydrogen-bond donors (Lipinski definition) is 3. The number of carbonyl (C=O) groups is 2. The van der Waals surface area contributed by atoms with Crippen molar-refractivity contribution in [1.29, 1.82) is 0 Å². The first kappa shape index (κ1) is 14.9. The van der Waals surface area contributed by atoms with Gasteiger partial charge in [0.05, 0.1) is 32.9 Å². The third kappa shape index (κ3) is 2.23. The van der Waals surface area contributed by atoms with Crippen molar-refractivity contribution in [3.8, 4) is 17.2 Å². The van der Waals surface area contributed by atoms with Gasteiger partial charge in [-0.25, -0.2) is 4.79 Å². The molecule has 1 aliphatic rings.